The highest BCUT2D eigenvalue weighted by Gasteiger charge is 2.13. The van der Waals surface area contributed by atoms with Crippen LogP contribution < -0.4 is 0 Å². The fourth-order valence-corrected chi connectivity index (χ4v) is 1.46. The maximum absolute atomic E-state index is 11.2. The van der Waals surface area contributed by atoms with Gasteiger partial charge in [0.25, 0.3) is 0 Å². The van der Waals surface area contributed by atoms with E-state index in [1.807, 2.05) is 0 Å². The number of methoxy groups -OCH3 is 1. The number of aromatic nitrogens is 1. The molecule has 0 aliphatic carbocycles. The topological polar surface area (TPSA) is 48.4 Å². The lowest BCUT2D eigenvalue weighted by molar-refractivity contribution is 0.0379. The lowest BCUT2D eigenvalue weighted by atomic mass is 10.5. The van der Waals surface area contributed by atoms with Crippen molar-refractivity contribution in [3.05, 3.63) is 11.2 Å². The van der Waals surface area contributed by atoms with Crippen LogP contribution in [0.4, 0.5) is 0 Å². The molecular formula is C7H9NO3S2. The summed E-state index contributed by atoms with van der Waals surface area (Å²) >= 11 is 5.35. The maximum atomic E-state index is 11.2. The molecular weight excluding hydrogens is 210 g/mol. The Balaban J connectivity index is 2.45. The molecule has 6 heteroatoms. The Morgan fingerprint density at radius 2 is 2.46 bits per heavy atom. The second-order valence-corrected chi connectivity index (χ2v) is 3.74. The molecule has 4 nitrogen and oxygen atoms in total. The van der Waals surface area contributed by atoms with Gasteiger partial charge in [-0.1, -0.05) is 0 Å². The molecule has 0 atom stereocenters. The van der Waals surface area contributed by atoms with E-state index in [9.17, 15) is 4.79 Å². The molecule has 0 saturated heterocycles. The minimum Gasteiger partial charge on any atom is -0.458 e. The number of thiol groups is 1. The van der Waals surface area contributed by atoms with Gasteiger partial charge in [0.15, 0.2) is 5.69 Å². The molecule has 13 heavy (non-hydrogen) atoms. The molecule has 0 saturated carbocycles. The van der Waals surface area contributed by atoms with Gasteiger partial charge < -0.3 is 9.47 Å². The van der Waals surface area contributed by atoms with Gasteiger partial charge in [0.2, 0.25) is 0 Å². The van der Waals surface area contributed by atoms with Crippen LogP contribution in [-0.2, 0) is 9.47 Å². The first kappa shape index (κ1) is 10.5. The fraction of sp³-hybridized carbons (Fsp3) is 0.429. The second kappa shape index (κ2) is 5.21. The van der Waals surface area contributed by atoms with E-state index in [0.717, 1.165) is 0 Å². The number of carbonyl (C=O) groups excluding carboxylic acids is 1. The van der Waals surface area contributed by atoms with Crippen molar-refractivity contribution in [2.45, 2.75) is 4.21 Å². The molecule has 72 valence electrons. The highest BCUT2D eigenvalue weighted by atomic mass is 32.2. The molecule has 0 N–H and O–H groups in total. The largest absolute Gasteiger partial charge is 0.458 e. The van der Waals surface area contributed by atoms with Gasteiger partial charge in [0, 0.05) is 7.11 Å². The molecule has 1 aromatic heterocycles. The van der Waals surface area contributed by atoms with E-state index < -0.39 is 5.97 Å². The Labute approximate surface area is 85.3 Å². The number of carbonyl (C=O) groups is 1. The number of thiazole rings is 1. The van der Waals surface area contributed by atoms with Crippen LogP contribution in [0.5, 0.6) is 0 Å². The van der Waals surface area contributed by atoms with Crippen LogP contribution in [0.15, 0.2) is 9.72 Å². The second-order valence-electron chi connectivity index (χ2n) is 2.13. The minimum atomic E-state index is -0.455. The summed E-state index contributed by atoms with van der Waals surface area (Å²) in [6.07, 6.45) is 0. The molecule has 1 heterocycles. The monoisotopic (exact) mass is 219 g/mol. The summed E-state index contributed by atoms with van der Waals surface area (Å²) in [5.74, 6) is -0.455. The number of esters is 1. The van der Waals surface area contributed by atoms with Gasteiger partial charge >= 0.3 is 5.97 Å². The standard InChI is InChI=1S/C7H9NO3S2/c1-10-2-3-11-6(9)5-7(12)13-4-8-5/h4,12H,2-3H2,1H3. The summed E-state index contributed by atoms with van der Waals surface area (Å²) in [4.78, 5) is 15.0. The predicted octanol–water partition coefficient (Wildman–Crippen LogP) is 1.24. The third-order valence-electron chi connectivity index (χ3n) is 1.26. The zero-order chi connectivity index (χ0) is 9.68. The quantitative estimate of drug-likeness (QED) is 0.470. The molecule has 0 fully saturated rings. The third kappa shape index (κ3) is 2.98. The zero-order valence-corrected chi connectivity index (χ0v) is 8.73. The Hall–Kier alpha value is -0.590. The molecule has 0 bridgehead atoms. The molecule has 1 aromatic rings. The van der Waals surface area contributed by atoms with Crippen molar-refractivity contribution in [1.82, 2.24) is 4.98 Å². The van der Waals surface area contributed by atoms with Gasteiger partial charge in [-0.2, -0.15) is 0 Å². The van der Waals surface area contributed by atoms with E-state index in [0.29, 0.717) is 10.8 Å². The zero-order valence-electron chi connectivity index (χ0n) is 7.02. The summed E-state index contributed by atoms with van der Waals surface area (Å²) < 4.78 is 10.1. The number of nitrogens with zero attached hydrogens (tertiary/aromatic N) is 1. The Bertz CT molecular complexity index is 287. The van der Waals surface area contributed by atoms with Crippen LogP contribution in [0.3, 0.4) is 0 Å². The third-order valence-corrected chi connectivity index (χ3v) is 2.42. The minimum absolute atomic E-state index is 0.236. The van der Waals surface area contributed by atoms with Crippen LogP contribution in [0.25, 0.3) is 0 Å². The van der Waals surface area contributed by atoms with Gasteiger partial charge in [-0.25, -0.2) is 9.78 Å². The van der Waals surface area contributed by atoms with E-state index >= 15 is 0 Å². The number of rotatable bonds is 4. The van der Waals surface area contributed by atoms with E-state index in [-0.39, 0.29) is 12.3 Å². The summed E-state index contributed by atoms with van der Waals surface area (Å²) in [5, 5.41) is 0. The Morgan fingerprint density at radius 3 is 3.00 bits per heavy atom. The summed E-state index contributed by atoms with van der Waals surface area (Å²) in [5.41, 5.74) is 1.82. The summed E-state index contributed by atoms with van der Waals surface area (Å²) in [7, 11) is 1.54. The molecule has 0 aromatic carbocycles. The number of ether oxygens (including phenoxy) is 2. The van der Waals surface area contributed by atoms with E-state index in [1.165, 1.54) is 11.3 Å². The van der Waals surface area contributed by atoms with Crippen LogP contribution >= 0.6 is 24.0 Å². The van der Waals surface area contributed by atoms with Crippen molar-refractivity contribution in [2.24, 2.45) is 0 Å². The molecule has 0 radical (unpaired) electrons. The van der Waals surface area contributed by atoms with Crippen molar-refractivity contribution in [3.8, 4) is 0 Å². The molecule has 0 spiro atoms. The molecule has 0 unspecified atom stereocenters. The van der Waals surface area contributed by atoms with Gasteiger partial charge in [-0.05, 0) is 0 Å². The molecule has 1 rings (SSSR count). The van der Waals surface area contributed by atoms with Crippen LogP contribution in [-0.4, -0.2) is 31.3 Å². The average Bonchev–Trinajstić information content (AvgIpc) is 2.52. The van der Waals surface area contributed by atoms with Crippen LogP contribution in [0, 0.1) is 0 Å². The first-order valence-corrected chi connectivity index (χ1v) is 4.87. The van der Waals surface area contributed by atoms with Crippen LogP contribution in [0.1, 0.15) is 10.5 Å². The van der Waals surface area contributed by atoms with Crippen molar-refractivity contribution < 1.29 is 14.3 Å². The lowest BCUT2D eigenvalue weighted by Crippen LogP contribution is -2.10. The maximum Gasteiger partial charge on any atom is 0.359 e. The van der Waals surface area contributed by atoms with E-state index in [4.69, 9.17) is 9.47 Å². The average molecular weight is 219 g/mol. The predicted molar refractivity (Wildman–Crippen MR) is 51.5 cm³/mol. The highest BCUT2D eigenvalue weighted by Crippen LogP contribution is 2.17. The van der Waals surface area contributed by atoms with Crippen molar-refractivity contribution >= 4 is 29.9 Å². The molecule has 0 aliphatic rings. The lowest BCUT2D eigenvalue weighted by Gasteiger charge is -2.01. The van der Waals surface area contributed by atoms with Crippen molar-refractivity contribution in [1.29, 1.82) is 0 Å². The van der Waals surface area contributed by atoms with Gasteiger partial charge in [-0.3, -0.25) is 0 Å². The Morgan fingerprint density at radius 1 is 1.69 bits per heavy atom. The Kier molecular flexibility index (Phi) is 4.20. The SMILES string of the molecule is COCCOC(=O)c1ncsc1S. The summed E-state index contributed by atoms with van der Waals surface area (Å²) in [6, 6.07) is 0. The van der Waals surface area contributed by atoms with Crippen LogP contribution in [0.2, 0.25) is 0 Å². The first-order valence-electron chi connectivity index (χ1n) is 3.54. The van der Waals surface area contributed by atoms with E-state index in [2.05, 4.69) is 17.6 Å². The first-order chi connectivity index (χ1) is 6.25. The van der Waals surface area contributed by atoms with Crippen molar-refractivity contribution in [2.75, 3.05) is 20.3 Å². The molecule has 0 amide bonds. The molecule has 0 aliphatic heterocycles. The fourth-order valence-electron chi connectivity index (χ4n) is 0.666. The number of hydrogen-bond donors (Lipinski definition) is 1. The van der Waals surface area contributed by atoms with E-state index in [1.54, 1.807) is 12.6 Å². The van der Waals surface area contributed by atoms with Crippen molar-refractivity contribution in [3.63, 3.8) is 0 Å². The summed E-state index contributed by atoms with van der Waals surface area (Å²) in [6.45, 7) is 0.623. The normalized spacial score (nSPS) is 10.0. The van der Waals surface area contributed by atoms with Gasteiger partial charge in [0.05, 0.1) is 16.3 Å². The highest BCUT2D eigenvalue weighted by molar-refractivity contribution is 7.82. The smallest absolute Gasteiger partial charge is 0.359 e. The van der Waals surface area contributed by atoms with Gasteiger partial charge in [0.1, 0.15) is 6.61 Å². The van der Waals surface area contributed by atoms with Gasteiger partial charge in [-0.15, -0.1) is 24.0 Å². The number of hydrogen-bond acceptors (Lipinski definition) is 6.